The van der Waals surface area contributed by atoms with Gasteiger partial charge in [0.05, 0.1) is 17.0 Å². The molecule has 7 nitrogen and oxygen atoms in total. The van der Waals surface area contributed by atoms with Gasteiger partial charge in [-0.05, 0) is 24.3 Å². The van der Waals surface area contributed by atoms with Crippen molar-refractivity contribution in [2.24, 2.45) is 0 Å². The predicted molar refractivity (Wildman–Crippen MR) is 99.6 cm³/mol. The lowest BCUT2D eigenvalue weighted by molar-refractivity contribution is -0.384. The van der Waals surface area contributed by atoms with Crippen molar-refractivity contribution in [2.75, 3.05) is 31.1 Å². The molecule has 0 aliphatic carbocycles. The van der Waals surface area contributed by atoms with Gasteiger partial charge >= 0.3 is 6.18 Å². The van der Waals surface area contributed by atoms with Crippen LogP contribution in [0.3, 0.4) is 0 Å². The lowest BCUT2D eigenvalue weighted by Crippen LogP contribution is -2.46. The summed E-state index contributed by atoms with van der Waals surface area (Å²) in [6.07, 6.45) is -4.62. The number of benzene rings is 2. The smallest absolute Gasteiger partial charge is 0.416 e. The molecule has 3 aromatic rings. The van der Waals surface area contributed by atoms with Gasteiger partial charge in [-0.25, -0.2) is 4.98 Å². The summed E-state index contributed by atoms with van der Waals surface area (Å²) in [6.45, 7) is 2.56. The van der Waals surface area contributed by atoms with E-state index in [1.807, 2.05) is 24.3 Å². The zero-order valence-electron chi connectivity index (χ0n) is 15.2. The van der Waals surface area contributed by atoms with E-state index in [-0.39, 0.29) is 5.69 Å². The largest absolute Gasteiger partial charge is 0.439 e. The summed E-state index contributed by atoms with van der Waals surface area (Å²) in [5.41, 5.74) is 0.127. The van der Waals surface area contributed by atoms with Crippen LogP contribution in [0.5, 0.6) is 0 Å². The number of para-hydroxylation sites is 2. The van der Waals surface area contributed by atoms with Gasteiger partial charge in [0.2, 0.25) is 5.89 Å². The molecule has 0 amide bonds. The fourth-order valence-electron chi connectivity index (χ4n) is 3.44. The first kappa shape index (κ1) is 19.2. The molecule has 2 heterocycles. The highest BCUT2D eigenvalue weighted by Crippen LogP contribution is 2.36. The van der Waals surface area contributed by atoms with Gasteiger partial charge in [0.1, 0.15) is 11.2 Å². The van der Waals surface area contributed by atoms with Crippen LogP contribution in [-0.4, -0.2) is 41.0 Å². The van der Waals surface area contributed by atoms with Crippen molar-refractivity contribution in [2.45, 2.75) is 12.7 Å². The average molecular weight is 406 g/mol. The topological polar surface area (TPSA) is 75.7 Å². The Balaban J connectivity index is 1.45. The lowest BCUT2D eigenvalue weighted by atomic mass is 10.1. The van der Waals surface area contributed by atoms with Gasteiger partial charge in [0, 0.05) is 32.2 Å². The molecule has 0 radical (unpaired) electrons. The molecule has 10 heteroatoms. The average Bonchev–Trinajstić information content (AvgIpc) is 3.09. The van der Waals surface area contributed by atoms with Gasteiger partial charge in [-0.15, -0.1) is 0 Å². The number of nitro groups is 1. The van der Waals surface area contributed by atoms with Crippen molar-refractivity contribution >= 4 is 22.5 Å². The number of aromatic nitrogens is 1. The monoisotopic (exact) mass is 406 g/mol. The first-order valence-corrected chi connectivity index (χ1v) is 8.98. The van der Waals surface area contributed by atoms with Crippen LogP contribution in [0.25, 0.3) is 11.1 Å². The number of halogens is 3. The molecular formula is C19H17F3N4O3. The Morgan fingerprint density at radius 1 is 1.10 bits per heavy atom. The van der Waals surface area contributed by atoms with Crippen molar-refractivity contribution in [1.82, 2.24) is 9.88 Å². The van der Waals surface area contributed by atoms with Gasteiger partial charge < -0.3 is 9.32 Å². The summed E-state index contributed by atoms with van der Waals surface area (Å²) in [5, 5.41) is 11.3. The molecule has 29 heavy (non-hydrogen) atoms. The number of hydrogen-bond donors (Lipinski definition) is 0. The fraction of sp³-hybridized carbons (Fsp3) is 0.316. The molecule has 1 saturated heterocycles. The van der Waals surface area contributed by atoms with E-state index in [0.29, 0.717) is 50.3 Å². The number of piperazine rings is 1. The van der Waals surface area contributed by atoms with Crippen molar-refractivity contribution in [3.63, 3.8) is 0 Å². The lowest BCUT2D eigenvalue weighted by Gasteiger charge is -2.35. The van der Waals surface area contributed by atoms with E-state index < -0.39 is 22.4 Å². The Morgan fingerprint density at radius 2 is 1.83 bits per heavy atom. The number of rotatable bonds is 4. The van der Waals surface area contributed by atoms with Crippen LogP contribution in [-0.2, 0) is 12.7 Å². The minimum Gasteiger partial charge on any atom is -0.439 e. The molecule has 0 saturated carbocycles. The molecule has 0 spiro atoms. The Morgan fingerprint density at radius 3 is 2.48 bits per heavy atom. The van der Waals surface area contributed by atoms with Crippen LogP contribution in [0.4, 0.5) is 24.5 Å². The summed E-state index contributed by atoms with van der Waals surface area (Å²) in [7, 11) is 0. The second kappa shape index (κ2) is 7.36. The first-order chi connectivity index (χ1) is 13.8. The minimum absolute atomic E-state index is 0.199. The van der Waals surface area contributed by atoms with Crippen molar-refractivity contribution in [3.05, 3.63) is 64.0 Å². The Hall–Kier alpha value is -3.14. The highest BCUT2D eigenvalue weighted by Gasteiger charge is 2.34. The van der Waals surface area contributed by atoms with E-state index in [1.54, 1.807) is 4.90 Å². The maximum absolute atomic E-state index is 12.9. The number of anilines is 1. The van der Waals surface area contributed by atoms with Crippen molar-refractivity contribution in [1.29, 1.82) is 0 Å². The molecule has 2 aromatic carbocycles. The maximum Gasteiger partial charge on any atom is 0.416 e. The SMILES string of the molecule is O=[N+]([O-])c1cc(C(F)(F)F)ccc1N1CCN(Cc2nc3ccccc3o2)CC1. The molecule has 1 aromatic heterocycles. The van der Waals surface area contributed by atoms with Crippen LogP contribution in [0, 0.1) is 10.1 Å². The molecular weight excluding hydrogens is 389 g/mol. The van der Waals surface area contributed by atoms with Gasteiger partial charge in [-0.2, -0.15) is 13.2 Å². The minimum atomic E-state index is -4.62. The normalized spacial score (nSPS) is 15.8. The van der Waals surface area contributed by atoms with Gasteiger partial charge in [0.15, 0.2) is 5.58 Å². The van der Waals surface area contributed by atoms with Crippen LogP contribution in [0.15, 0.2) is 46.9 Å². The van der Waals surface area contributed by atoms with E-state index in [4.69, 9.17) is 4.42 Å². The standard InChI is InChI=1S/C19H17F3N4O3/c20-19(21,22)13-5-6-15(16(11-13)26(27)28)25-9-7-24(8-10-25)12-18-23-14-3-1-2-4-17(14)29-18/h1-6,11H,7-10,12H2. The summed E-state index contributed by atoms with van der Waals surface area (Å²) in [4.78, 5) is 18.8. The molecule has 152 valence electrons. The highest BCUT2D eigenvalue weighted by molar-refractivity contribution is 5.72. The van der Waals surface area contributed by atoms with Crippen LogP contribution >= 0.6 is 0 Å². The molecule has 0 atom stereocenters. The molecule has 0 unspecified atom stereocenters. The van der Waals surface area contributed by atoms with Gasteiger partial charge in [-0.3, -0.25) is 15.0 Å². The summed E-state index contributed by atoms with van der Waals surface area (Å²) < 4.78 is 44.4. The molecule has 0 bridgehead atoms. The second-order valence-electron chi connectivity index (χ2n) is 6.80. The number of nitro benzene ring substituents is 1. The zero-order valence-corrected chi connectivity index (χ0v) is 15.2. The van der Waals surface area contributed by atoms with E-state index in [9.17, 15) is 23.3 Å². The van der Waals surface area contributed by atoms with Crippen LogP contribution in [0.1, 0.15) is 11.5 Å². The zero-order chi connectivity index (χ0) is 20.6. The maximum atomic E-state index is 12.9. The fourth-order valence-corrected chi connectivity index (χ4v) is 3.44. The number of oxazole rings is 1. The summed E-state index contributed by atoms with van der Waals surface area (Å²) in [5.74, 6) is 0.583. The Bertz CT molecular complexity index is 1010. The Labute approximate surface area is 163 Å². The molecule has 1 aliphatic heterocycles. The van der Waals surface area contributed by atoms with E-state index in [0.717, 1.165) is 11.6 Å². The number of nitrogens with zero attached hydrogens (tertiary/aromatic N) is 4. The molecule has 0 N–H and O–H groups in total. The first-order valence-electron chi connectivity index (χ1n) is 8.98. The van der Waals surface area contributed by atoms with Crippen molar-refractivity contribution in [3.8, 4) is 0 Å². The van der Waals surface area contributed by atoms with Crippen molar-refractivity contribution < 1.29 is 22.5 Å². The van der Waals surface area contributed by atoms with E-state index in [1.165, 1.54) is 6.07 Å². The van der Waals surface area contributed by atoms with Crippen LogP contribution in [0.2, 0.25) is 0 Å². The van der Waals surface area contributed by atoms with Crippen LogP contribution < -0.4 is 4.90 Å². The van der Waals surface area contributed by atoms with E-state index >= 15 is 0 Å². The summed E-state index contributed by atoms with van der Waals surface area (Å²) in [6, 6.07) is 10.1. The van der Waals surface area contributed by atoms with Gasteiger partial charge in [0.25, 0.3) is 5.69 Å². The quantitative estimate of drug-likeness (QED) is 0.480. The second-order valence-corrected chi connectivity index (χ2v) is 6.80. The molecule has 1 aliphatic rings. The third kappa shape index (κ3) is 4.02. The molecule has 4 rings (SSSR count). The highest BCUT2D eigenvalue weighted by atomic mass is 19.4. The van der Waals surface area contributed by atoms with E-state index in [2.05, 4.69) is 9.88 Å². The van der Waals surface area contributed by atoms with Gasteiger partial charge in [-0.1, -0.05) is 12.1 Å². The predicted octanol–water partition coefficient (Wildman–Crippen LogP) is 4.08. The Kier molecular flexibility index (Phi) is 4.87. The third-order valence-electron chi connectivity index (χ3n) is 4.91. The number of alkyl halides is 3. The molecule has 1 fully saturated rings. The number of fused-ring (bicyclic) bond motifs is 1. The summed E-state index contributed by atoms with van der Waals surface area (Å²) >= 11 is 0. The number of hydrogen-bond acceptors (Lipinski definition) is 6. The third-order valence-corrected chi connectivity index (χ3v) is 4.91.